The predicted molar refractivity (Wildman–Crippen MR) is 102 cm³/mol. The van der Waals surface area contributed by atoms with Crippen molar-refractivity contribution in [3.63, 3.8) is 0 Å². The van der Waals surface area contributed by atoms with Crippen LogP contribution < -0.4 is 5.32 Å². The zero-order valence-electron chi connectivity index (χ0n) is 14.2. The van der Waals surface area contributed by atoms with Gasteiger partial charge in [0.2, 0.25) is 0 Å². The Kier molecular flexibility index (Phi) is 4.76. The van der Waals surface area contributed by atoms with Gasteiger partial charge in [0, 0.05) is 23.9 Å². The molecule has 2 nitrogen and oxygen atoms in total. The highest BCUT2D eigenvalue weighted by Crippen LogP contribution is 2.23. The fourth-order valence-electron chi connectivity index (χ4n) is 2.81. The molecule has 0 unspecified atom stereocenters. The summed E-state index contributed by atoms with van der Waals surface area (Å²) in [6.45, 7) is 8.36. The molecular weight excluding hydrogens is 292 g/mol. The lowest BCUT2D eigenvalue weighted by Crippen LogP contribution is -2.02. The highest BCUT2D eigenvalue weighted by Gasteiger charge is 2.03. The van der Waals surface area contributed by atoms with Crippen LogP contribution in [0, 0.1) is 13.8 Å². The van der Waals surface area contributed by atoms with E-state index in [1.165, 1.54) is 22.3 Å². The Morgan fingerprint density at radius 1 is 0.917 bits per heavy atom. The number of rotatable bonds is 5. The van der Waals surface area contributed by atoms with Crippen LogP contribution in [0.2, 0.25) is 0 Å². The zero-order chi connectivity index (χ0) is 16.9. The molecule has 120 valence electrons. The number of nitrogens with zero attached hydrogens (tertiary/aromatic N) is 1. The molecule has 0 aliphatic carbocycles. The average molecular weight is 314 g/mol. The van der Waals surface area contributed by atoms with Crippen molar-refractivity contribution in [3.05, 3.63) is 96.0 Å². The first kappa shape index (κ1) is 16.0. The summed E-state index contributed by atoms with van der Waals surface area (Å²) in [6.07, 6.45) is 4.53. The first-order valence-corrected chi connectivity index (χ1v) is 8.12. The van der Waals surface area contributed by atoms with Gasteiger partial charge in [-0.25, -0.2) is 0 Å². The number of aromatic nitrogens is 1. The lowest BCUT2D eigenvalue weighted by Gasteiger charge is -2.11. The lowest BCUT2D eigenvalue weighted by atomic mass is 10.0. The number of benzene rings is 2. The molecule has 3 rings (SSSR count). The second-order valence-electron chi connectivity index (χ2n) is 6.23. The van der Waals surface area contributed by atoms with Crippen molar-refractivity contribution in [3.8, 4) is 11.1 Å². The summed E-state index contributed by atoms with van der Waals surface area (Å²) in [5.74, 6) is 0. The van der Waals surface area contributed by atoms with Crippen molar-refractivity contribution >= 4 is 5.69 Å². The first-order valence-electron chi connectivity index (χ1n) is 8.12. The Labute approximate surface area is 143 Å². The largest absolute Gasteiger partial charge is 0.358 e. The van der Waals surface area contributed by atoms with E-state index in [1.807, 2.05) is 12.4 Å². The Hall–Kier alpha value is -2.87. The third-order valence-corrected chi connectivity index (χ3v) is 3.91. The van der Waals surface area contributed by atoms with E-state index < -0.39 is 0 Å². The summed E-state index contributed by atoms with van der Waals surface area (Å²) in [5, 5.41) is 3.38. The molecule has 24 heavy (non-hydrogen) atoms. The van der Waals surface area contributed by atoms with Gasteiger partial charge in [0.05, 0.1) is 11.9 Å². The second-order valence-corrected chi connectivity index (χ2v) is 6.23. The van der Waals surface area contributed by atoms with Gasteiger partial charge in [0.1, 0.15) is 0 Å². The molecule has 1 aromatic heterocycles. The lowest BCUT2D eigenvalue weighted by molar-refractivity contribution is 1.14. The van der Waals surface area contributed by atoms with Crippen LogP contribution >= 0.6 is 0 Å². The van der Waals surface area contributed by atoms with Gasteiger partial charge in [-0.05, 0) is 31.0 Å². The van der Waals surface area contributed by atoms with Crippen molar-refractivity contribution in [2.75, 3.05) is 5.32 Å². The number of allylic oxidation sites excluding steroid dienone is 1. The van der Waals surface area contributed by atoms with Gasteiger partial charge >= 0.3 is 0 Å². The molecule has 2 aromatic carbocycles. The fourth-order valence-corrected chi connectivity index (χ4v) is 2.81. The number of nitrogens with one attached hydrogen (secondary N) is 1. The molecule has 1 heterocycles. The van der Waals surface area contributed by atoms with Gasteiger partial charge < -0.3 is 5.32 Å². The van der Waals surface area contributed by atoms with Crippen LogP contribution in [0.1, 0.15) is 16.7 Å². The van der Waals surface area contributed by atoms with E-state index in [0.717, 1.165) is 23.4 Å². The Bertz CT molecular complexity index is 865. The molecule has 0 saturated heterocycles. The van der Waals surface area contributed by atoms with Gasteiger partial charge in [-0.1, -0.05) is 66.2 Å². The molecule has 0 aliphatic heterocycles. The Morgan fingerprint density at radius 3 is 2.42 bits per heavy atom. The summed E-state index contributed by atoms with van der Waals surface area (Å²) in [4.78, 5) is 4.36. The summed E-state index contributed by atoms with van der Waals surface area (Å²) in [6, 6.07) is 19.1. The molecular formula is C22H22N2. The van der Waals surface area contributed by atoms with Crippen LogP contribution in [0.25, 0.3) is 11.1 Å². The summed E-state index contributed by atoms with van der Waals surface area (Å²) < 4.78 is 0. The maximum Gasteiger partial charge on any atom is 0.0574 e. The van der Waals surface area contributed by atoms with E-state index in [2.05, 4.69) is 85.3 Å². The number of hydrogen-bond donors (Lipinski definition) is 1. The van der Waals surface area contributed by atoms with Crippen molar-refractivity contribution in [1.29, 1.82) is 0 Å². The average Bonchev–Trinajstić information content (AvgIpc) is 2.55. The third kappa shape index (κ3) is 4.11. The predicted octanol–water partition coefficient (Wildman–Crippen LogP) is 5.53. The summed E-state index contributed by atoms with van der Waals surface area (Å²) in [5.41, 5.74) is 7.98. The number of aryl methyl sites for hydroxylation is 2. The minimum Gasteiger partial charge on any atom is -0.358 e. The molecule has 0 bridgehead atoms. The zero-order valence-corrected chi connectivity index (χ0v) is 14.2. The Morgan fingerprint density at radius 2 is 1.67 bits per heavy atom. The van der Waals surface area contributed by atoms with Crippen molar-refractivity contribution in [2.45, 2.75) is 20.3 Å². The van der Waals surface area contributed by atoms with Crippen LogP contribution in [0.5, 0.6) is 0 Å². The third-order valence-electron chi connectivity index (χ3n) is 3.91. The maximum absolute atomic E-state index is 4.36. The molecule has 2 heteroatoms. The number of pyridine rings is 1. The molecule has 0 spiro atoms. The molecule has 0 radical (unpaired) electrons. The smallest absolute Gasteiger partial charge is 0.0574 e. The summed E-state index contributed by atoms with van der Waals surface area (Å²) in [7, 11) is 0. The van der Waals surface area contributed by atoms with Crippen molar-refractivity contribution < 1.29 is 0 Å². The quantitative estimate of drug-likeness (QED) is 0.669. The minimum absolute atomic E-state index is 0.802. The van der Waals surface area contributed by atoms with E-state index in [9.17, 15) is 0 Å². The highest BCUT2D eigenvalue weighted by atomic mass is 14.9. The van der Waals surface area contributed by atoms with Gasteiger partial charge in [0.15, 0.2) is 0 Å². The van der Waals surface area contributed by atoms with Gasteiger partial charge in [-0.15, -0.1) is 0 Å². The Balaban J connectivity index is 1.73. The fraction of sp³-hybridized carbons (Fsp3) is 0.136. The maximum atomic E-state index is 4.36. The summed E-state index contributed by atoms with van der Waals surface area (Å²) >= 11 is 0. The monoisotopic (exact) mass is 314 g/mol. The standard InChI is InChI=1S/C22H22N2/c1-16-6-4-8-19(10-16)12-18(3)24-22-13-21(14-23-15-22)20-9-5-7-17(2)11-20/h4-11,13-15,24H,3,12H2,1-2H3. The normalized spacial score (nSPS) is 10.4. The van der Waals surface area contributed by atoms with Crippen LogP contribution in [0.15, 0.2) is 79.3 Å². The van der Waals surface area contributed by atoms with Crippen LogP contribution in [-0.2, 0) is 6.42 Å². The molecule has 0 fully saturated rings. The van der Waals surface area contributed by atoms with E-state index in [-0.39, 0.29) is 0 Å². The molecule has 0 saturated carbocycles. The van der Waals surface area contributed by atoms with Gasteiger partial charge in [-0.3, -0.25) is 4.98 Å². The van der Waals surface area contributed by atoms with Crippen molar-refractivity contribution in [1.82, 2.24) is 4.98 Å². The molecule has 3 aromatic rings. The van der Waals surface area contributed by atoms with Gasteiger partial charge in [-0.2, -0.15) is 0 Å². The van der Waals surface area contributed by atoms with Crippen molar-refractivity contribution in [2.24, 2.45) is 0 Å². The van der Waals surface area contributed by atoms with E-state index >= 15 is 0 Å². The first-order chi connectivity index (χ1) is 11.6. The molecule has 0 aliphatic rings. The van der Waals surface area contributed by atoms with Gasteiger partial charge in [0.25, 0.3) is 0 Å². The molecule has 1 N–H and O–H groups in total. The minimum atomic E-state index is 0.802. The van der Waals surface area contributed by atoms with Crippen LogP contribution in [-0.4, -0.2) is 4.98 Å². The van der Waals surface area contributed by atoms with E-state index in [1.54, 1.807) is 0 Å². The van der Waals surface area contributed by atoms with E-state index in [4.69, 9.17) is 0 Å². The second kappa shape index (κ2) is 7.14. The number of hydrogen-bond acceptors (Lipinski definition) is 2. The highest BCUT2D eigenvalue weighted by molar-refractivity contribution is 5.67. The SMILES string of the molecule is C=C(Cc1cccc(C)c1)Nc1cncc(-c2cccc(C)c2)c1. The van der Waals surface area contributed by atoms with Crippen LogP contribution in [0.4, 0.5) is 5.69 Å². The molecule has 0 amide bonds. The van der Waals surface area contributed by atoms with Crippen LogP contribution in [0.3, 0.4) is 0 Å². The van der Waals surface area contributed by atoms with E-state index in [0.29, 0.717) is 0 Å². The topological polar surface area (TPSA) is 24.9 Å². The molecule has 0 atom stereocenters. The number of anilines is 1.